The lowest BCUT2D eigenvalue weighted by atomic mass is 9.72. The zero-order chi connectivity index (χ0) is 21.0. The van der Waals surface area contributed by atoms with Gasteiger partial charge in [0.25, 0.3) is 0 Å². The molecule has 1 saturated heterocycles. The molecular formula is C22H25N3O4. The van der Waals surface area contributed by atoms with Gasteiger partial charge >= 0.3 is 11.9 Å². The number of nitrogens with one attached hydrogen (secondary N) is 1. The third-order valence-corrected chi connectivity index (χ3v) is 5.85. The lowest BCUT2D eigenvalue weighted by Crippen LogP contribution is -2.47. The number of nitriles is 1. The van der Waals surface area contributed by atoms with E-state index < -0.39 is 11.9 Å². The van der Waals surface area contributed by atoms with E-state index in [1.54, 1.807) is 0 Å². The first-order chi connectivity index (χ1) is 13.9. The number of hydrogen-bond acceptors (Lipinski definition) is 4. The number of aromatic amines is 1. The minimum atomic E-state index is -1.26. The standard InChI is InChI=1S/C18H21N3.C4H4O4/c1-21-11-12(4-3-7-19)8-15-14-5-2-6-16-18(14)13(10-20-16)9-17(15)21;5-3(6)1-2-4(7)8/h2,5-6,10,12,15,17,20H,3-4,8-9,11H2,1H3;1-2H,(H,5,6)(H,7,8)/b;2-1-/t12?,15?,17-;/m1./s1. The summed E-state index contributed by atoms with van der Waals surface area (Å²) in [5.41, 5.74) is 4.28. The molecule has 0 bridgehead atoms. The van der Waals surface area contributed by atoms with Gasteiger partial charge in [-0.1, -0.05) is 12.1 Å². The molecule has 3 N–H and O–H groups in total. The monoisotopic (exact) mass is 395 g/mol. The summed E-state index contributed by atoms with van der Waals surface area (Å²) in [5.74, 6) is -1.23. The predicted molar refractivity (Wildman–Crippen MR) is 109 cm³/mol. The maximum absolute atomic E-state index is 9.55. The summed E-state index contributed by atoms with van der Waals surface area (Å²) in [4.78, 5) is 25.1. The number of piperidine rings is 1. The number of likely N-dealkylation sites (tertiary alicyclic amines) is 1. The first-order valence-electron chi connectivity index (χ1n) is 9.70. The van der Waals surface area contributed by atoms with Gasteiger partial charge in [0, 0.05) is 54.2 Å². The average molecular weight is 395 g/mol. The van der Waals surface area contributed by atoms with Crippen LogP contribution in [0.5, 0.6) is 0 Å². The van der Waals surface area contributed by atoms with Crippen LogP contribution in [0.25, 0.3) is 10.9 Å². The molecule has 29 heavy (non-hydrogen) atoms. The quantitative estimate of drug-likeness (QED) is 0.685. The molecule has 1 aromatic heterocycles. The van der Waals surface area contributed by atoms with Crippen LogP contribution < -0.4 is 0 Å². The van der Waals surface area contributed by atoms with Crippen molar-refractivity contribution in [2.45, 2.75) is 37.6 Å². The van der Waals surface area contributed by atoms with Gasteiger partial charge in [0.2, 0.25) is 0 Å². The van der Waals surface area contributed by atoms with Gasteiger partial charge < -0.3 is 20.1 Å². The Bertz CT molecular complexity index is 956. The number of aromatic nitrogens is 1. The van der Waals surface area contributed by atoms with Crippen molar-refractivity contribution in [1.29, 1.82) is 5.26 Å². The van der Waals surface area contributed by atoms with Crippen molar-refractivity contribution in [1.82, 2.24) is 9.88 Å². The Balaban J connectivity index is 0.000000258. The highest BCUT2D eigenvalue weighted by Crippen LogP contribution is 2.44. The number of fused-ring (bicyclic) bond motifs is 2. The van der Waals surface area contributed by atoms with Gasteiger partial charge in [0.1, 0.15) is 0 Å². The zero-order valence-electron chi connectivity index (χ0n) is 16.3. The molecule has 0 spiro atoms. The van der Waals surface area contributed by atoms with Gasteiger partial charge in [0.15, 0.2) is 0 Å². The van der Waals surface area contributed by atoms with Crippen LogP contribution in [0, 0.1) is 17.2 Å². The Morgan fingerprint density at radius 2 is 2.03 bits per heavy atom. The normalized spacial score (nSPS) is 23.1. The van der Waals surface area contributed by atoms with E-state index in [2.05, 4.69) is 47.4 Å². The van der Waals surface area contributed by atoms with Crippen LogP contribution in [0.2, 0.25) is 0 Å². The van der Waals surface area contributed by atoms with Gasteiger partial charge in [0.05, 0.1) is 6.07 Å². The fourth-order valence-electron chi connectivity index (χ4n) is 4.67. The Labute approximate surface area is 169 Å². The number of rotatable bonds is 4. The van der Waals surface area contributed by atoms with E-state index in [0.29, 0.717) is 36.5 Å². The number of likely N-dealkylation sites (N-methyl/N-ethyl adjacent to an activating group) is 1. The molecule has 2 aliphatic rings. The zero-order valence-corrected chi connectivity index (χ0v) is 16.3. The maximum atomic E-state index is 9.55. The molecule has 1 fully saturated rings. The van der Waals surface area contributed by atoms with Crippen molar-refractivity contribution in [3.8, 4) is 6.07 Å². The Hall–Kier alpha value is -3.11. The molecule has 0 amide bonds. The Kier molecular flexibility index (Phi) is 6.35. The second-order valence-corrected chi connectivity index (χ2v) is 7.71. The molecule has 1 aliphatic carbocycles. The van der Waals surface area contributed by atoms with E-state index in [-0.39, 0.29) is 0 Å². The lowest BCUT2D eigenvalue weighted by molar-refractivity contribution is -0.134. The van der Waals surface area contributed by atoms with E-state index >= 15 is 0 Å². The number of hydrogen-bond donors (Lipinski definition) is 3. The predicted octanol–water partition coefficient (Wildman–Crippen LogP) is 3.14. The summed E-state index contributed by atoms with van der Waals surface area (Å²) < 4.78 is 0. The topological polar surface area (TPSA) is 117 Å². The molecule has 4 rings (SSSR count). The highest BCUT2D eigenvalue weighted by molar-refractivity contribution is 5.89. The molecule has 0 saturated carbocycles. The summed E-state index contributed by atoms with van der Waals surface area (Å²) in [6.45, 7) is 1.14. The first kappa shape index (κ1) is 20.6. The molecular weight excluding hydrogens is 370 g/mol. The van der Waals surface area contributed by atoms with Crippen LogP contribution in [0.4, 0.5) is 0 Å². The average Bonchev–Trinajstić information content (AvgIpc) is 3.10. The van der Waals surface area contributed by atoms with Crippen LogP contribution >= 0.6 is 0 Å². The number of carbonyl (C=O) groups is 2. The van der Waals surface area contributed by atoms with Gasteiger partial charge in [-0.3, -0.25) is 0 Å². The number of nitrogens with zero attached hydrogens (tertiary/aromatic N) is 2. The molecule has 1 aromatic carbocycles. The number of benzene rings is 1. The second kappa shape index (κ2) is 8.93. The van der Waals surface area contributed by atoms with Gasteiger partial charge in [-0.05, 0) is 49.4 Å². The molecule has 152 valence electrons. The highest BCUT2D eigenvalue weighted by Gasteiger charge is 2.38. The summed E-state index contributed by atoms with van der Waals surface area (Å²) in [7, 11) is 2.26. The molecule has 7 nitrogen and oxygen atoms in total. The third-order valence-electron chi connectivity index (χ3n) is 5.85. The largest absolute Gasteiger partial charge is 0.478 e. The van der Waals surface area contributed by atoms with E-state index in [1.165, 1.54) is 28.5 Å². The van der Waals surface area contributed by atoms with Crippen molar-refractivity contribution in [2.75, 3.05) is 13.6 Å². The fourth-order valence-corrected chi connectivity index (χ4v) is 4.67. The number of carboxylic acid groups (broad SMARTS) is 2. The van der Waals surface area contributed by atoms with Crippen LogP contribution in [-0.2, 0) is 16.0 Å². The van der Waals surface area contributed by atoms with Crippen LogP contribution in [0.15, 0.2) is 36.5 Å². The van der Waals surface area contributed by atoms with E-state index in [4.69, 9.17) is 15.5 Å². The van der Waals surface area contributed by atoms with E-state index in [0.717, 1.165) is 19.4 Å². The Morgan fingerprint density at radius 3 is 2.69 bits per heavy atom. The first-order valence-corrected chi connectivity index (χ1v) is 9.70. The summed E-state index contributed by atoms with van der Waals surface area (Å²) >= 11 is 0. The molecule has 0 radical (unpaired) electrons. The van der Waals surface area contributed by atoms with E-state index in [1.807, 2.05) is 0 Å². The van der Waals surface area contributed by atoms with Gasteiger partial charge in [-0.15, -0.1) is 0 Å². The van der Waals surface area contributed by atoms with Crippen LogP contribution in [-0.4, -0.2) is 51.7 Å². The number of carboxylic acids is 2. The smallest absolute Gasteiger partial charge is 0.328 e. The molecule has 3 atom stereocenters. The van der Waals surface area contributed by atoms with Crippen molar-refractivity contribution >= 4 is 22.8 Å². The third kappa shape index (κ3) is 4.66. The highest BCUT2D eigenvalue weighted by atomic mass is 16.4. The lowest BCUT2D eigenvalue weighted by Gasteiger charge is -2.45. The second-order valence-electron chi connectivity index (χ2n) is 7.71. The molecule has 2 heterocycles. The van der Waals surface area contributed by atoms with Crippen molar-refractivity contribution in [2.24, 2.45) is 5.92 Å². The number of aliphatic carboxylic acids is 2. The minimum absolute atomic E-state index is 0.558. The molecule has 7 heteroatoms. The Morgan fingerprint density at radius 1 is 1.31 bits per heavy atom. The molecule has 1 aliphatic heterocycles. The SMILES string of the molecule is CN1CC(CCC#N)CC2c3cccc4[nH]cc(c34)C[C@H]21.O=C(O)/C=C\C(=O)O. The molecule has 2 unspecified atom stereocenters. The van der Waals surface area contributed by atoms with E-state index in [9.17, 15) is 9.59 Å². The van der Waals surface area contributed by atoms with Crippen LogP contribution in [0.1, 0.15) is 36.3 Å². The van der Waals surface area contributed by atoms with Crippen molar-refractivity contribution in [3.05, 3.63) is 47.7 Å². The van der Waals surface area contributed by atoms with Gasteiger partial charge in [-0.2, -0.15) is 5.26 Å². The van der Waals surface area contributed by atoms with Crippen molar-refractivity contribution in [3.63, 3.8) is 0 Å². The van der Waals surface area contributed by atoms with Gasteiger partial charge in [-0.25, -0.2) is 9.59 Å². The van der Waals surface area contributed by atoms with Crippen LogP contribution in [0.3, 0.4) is 0 Å². The number of H-pyrrole nitrogens is 1. The summed E-state index contributed by atoms with van der Waals surface area (Å²) in [6, 6.07) is 9.61. The summed E-state index contributed by atoms with van der Waals surface area (Å²) in [6.07, 6.45) is 7.43. The fraction of sp³-hybridized carbons (Fsp3) is 0.409. The molecule has 2 aromatic rings. The minimum Gasteiger partial charge on any atom is -0.478 e. The van der Waals surface area contributed by atoms with Crippen molar-refractivity contribution < 1.29 is 19.8 Å². The maximum Gasteiger partial charge on any atom is 0.328 e. The summed E-state index contributed by atoms with van der Waals surface area (Å²) in [5, 5.41) is 25.9.